The summed E-state index contributed by atoms with van der Waals surface area (Å²) in [5.41, 5.74) is 1.24. The molecular weight excluding hydrogens is 252 g/mol. The molecule has 0 aliphatic rings. The van der Waals surface area contributed by atoms with Crippen molar-refractivity contribution >= 4 is 0 Å². The molecule has 2 heterocycles. The number of aryl methyl sites for hydroxylation is 1. The number of hydrogen-bond acceptors (Lipinski definition) is 4. The third-order valence-corrected chi connectivity index (χ3v) is 3.24. The van der Waals surface area contributed by atoms with Crippen LogP contribution in [0.5, 0.6) is 0 Å². The average Bonchev–Trinajstić information content (AvgIpc) is 3.01. The average molecular weight is 276 g/mol. The SMILES string of the molecule is CCCNCc1cc(CN(C)Cc2ccco2)c(C)o1. The Morgan fingerprint density at radius 2 is 2.10 bits per heavy atom. The lowest BCUT2D eigenvalue weighted by Gasteiger charge is -2.14. The molecule has 2 aromatic heterocycles. The molecule has 0 fully saturated rings. The number of furan rings is 2. The largest absolute Gasteiger partial charge is 0.468 e. The number of hydrogen-bond donors (Lipinski definition) is 1. The van der Waals surface area contributed by atoms with Crippen LogP contribution < -0.4 is 5.32 Å². The maximum Gasteiger partial charge on any atom is 0.118 e. The molecule has 0 amide bonds. The molecule has 4 heteroatoms. The second-order valence-electron chi connectivity index (χ2n) is 5.22. The second kappa shape index (κ2) is 7.31. The summed E-state index contributed by atoms with van der Waals surface area (Å²) < 4.78 is 11.2. The van der Waals surface area contributed by atoms with Crippen molar-refractivity contribution in [2.24, 2.45) is 0 Å². The van der Waals surface area contributed by atoms with E-state index in [0.717, 1.165) is 49.9 Å². The first-order valence-corrected chi connectivity index (χ1v) is 7.19. The summed E-state index contributed by atoms with van der Waals surface area (Å²) >= 11 is 0. The third kappa shape index (κ3) is 4.25. The van der Waals surface area contributed by atoms with Crippen LogP contribution >= 0.6 is 0 Å². The molecule has 0 saturated carbocycles. The zero-order valence-corrected chi connectivity index (χ0v) is 12.6. The van der Waals surface area contributed by atoms with E-state index >= 15 is 0 Å². The molecule has 4 nitrogen and oxygen atoms in total. The topological polar surface area (TPSA) is 41.5 Å². The van der Waals surface area contributed by atoms with Gasteiger partial charge in [-0.15, -0.1) is 0 Å². The number of rotatable bonds is 8. The molecule has 0 bridgehead atoms. The van der Waals surface area contributed by atoms with E-state index < -0.39 is 0 Å². The van der Waals surface area contributed by atoms with Gasteiger partial charge in [-0.05, 0) is 45.1 Å². The van der Waals surface area contributed by atoms with Gasteiger partial charge in [0.05, 0.1) is 19.4 Å². The quantitative estimate of drug-likeness (QED) is 0.751. The van der Waals surface area contributed by atoms with Crippen molar-refractivity contribution in [3.63, 3.8) is 0 Å². The third-order valence-electron chi connectivity index (χ3n) is 3.24. The first kappa shape index (κ1) is 14.9. The second-order valence-corrected chi connectivity index (χ2v) is 5.22. The minimum Gasteiger partial charge on any atom is -0.468 e. The number of nitrogens with zero attached hydrogens (tertiary/aromatic N) is 1. The van der Waals surface area contributed by atoms with E-state index in [0.29, 0.717) is 0 Å². The highest BCUT2D eigenvalue weighted by molar-refractivity contribution is 5.20. The van der Waals surface area contributed by atoms with Crippen LogP contribution in [0.1, 0.15) is 36.2 Å². The van der Waals surface area contributed by atoms with Gasteiger partial charge < -0.3 is 14.2 Å². The standard InChI is InChI=1S/C16H24N2O2/c1-4-7-17-10-16-9-14(13(2)20-16)11-18(3)12-15-6-5-8-19-15/h5-6,8-9,17H,4,7,10-12H2,1-3H3. The predicted octanol–water partition coefficient (Wildman–Crippen LogP) is 3.31. The zero-order valence-electron chi connectivity index (χ0n) is 12.6. The van der Waals surface area contributed by atoms with Crippen LogP contribution in [0.4, 0.5) is 0 Å². The molecule has 2 aromatic rings. The maximum atomic E-state index is 5.78. The Morgan fingerprint density at radius 3 is 2.80 bits per heavy atom. The highest BCUT2D eigenvalue weighted by Crippen LogP contribution is 2.17. The van der Waals surface area contributed by atoms with Crippen LogP contribution in [0.15, 0.2) is 33.3 Å². The Hall–Kier alpha value is -1.52. The van der Waals surface area contributed by atoms with E-state index in [1.807, 2.05) is 19.1 Å². The van der Waals surface area contributed by atoms with E-state index in [-0.39, 0.29) is 0 Å². The normalized spacial score (nSPS) is 11.4. The van der Waals surface area contributed by atoms with Crippen molar-refractivity contribution < 1.29 is 8.83 Å². The molecule has 110 valence electrons. The van der Waals surface area contributed by atoms with Crippen molar-refractivity contribution in [3.8, 4) is 0 Å². The first-order valence-electron chi connectivity index (χ1n) is 7.19. The lowest BCUT2D eigenvalue weighted by molar-refractivity contribution is 0.286. The van der Waals surface area contributed by atoms with Gasteiger partial charge in [-0.1, -0.05) is 6.92 Å². The monoisotopic (exact) mass is 276 g/mol. The molecule has 1 N–H and O–H groups in total. The zero-order chi connectivity index (χ0) is 14.4. The Kier molecular flexibility index (Phi) is 5.44. The Labute approximate surface area is 120 Å². The minimum atomic E-state index is 0.802. The van der Waals surface area contributed by atoms with Crippen LogP contribution in [-0.4, -0.2) is 18.5 Å². The van der Waals surface area contributed by atoms with Crippen molar-refractivity contribution in [2.75, 3.05) is 13.6 Å². The van der Waals surface area contributed by atoms with Gasteiger partial charge in [-0.25, -0.2) is 0 Å². The molecule has 0 unspecified atom stereocenters. The predicted molar refractivity (Wildman–Crippen MR) is 79.3 cm³/mol. The van der Waals surface area contributed by atoms with Gasteiger partial charge in [-0.2, -0.15) is 0 Å². The van der Waals surface area contributed by atoms with Crippen LogP contribution in [0.2, 0.25) is 0 Å². The van der Waals surface area contributed by atoms with Gasteiger partial charge in [0, 0.05) is 12.1 Å². The van der Waals surface area contributed by atoms with E-state index in [1.165, 1.54) is 5.56 Å². The Balaban J connectivity index is 1.88. The fourth-order valence-electron chi connectivity index (χ4n) is 2.24. The van der Waals surface area contributed by atoms with Crippen molar-refractivity contribution in [1.82, 2.24) is 10.2 Å². The fraction of sp³-hybridized carbons (Fsp3) is 0.500. The van der Waals surface area contributed by atoms with Gasteiger partial charge in [0.2, 0.25) is 0 Å². The summed E-state index contributed by atoms with van der Waals surface area (Å²) in [4.78, 5) is 2.22. The molecule has 0 spiro atoms. The van der Waals surface area contributed by atoms with E-state index in [9.17, 15) is 0 Å². The van der Waals surface area contributed by atoms with Crippen LogP contribution in [0, 0.1) is 6.92 Å². The number of nitrogens with one attached hydrogen (secondary N) is 1. The summed E-state index contributed by atoms with van der Waals surface area (Å²) in [6.07, 6.45) is 2.85. The lowest BCUT2D eigenvalue weighted by atomic mass is 10.2. The van der Waals surface area contributed by atoms with E-state index in [2.05, 4.69) is 30.3 Å². The van der Waals surface area contributed by atoms with Crippen LogP contribution in [-0.2, 0) is 19.6 Å². The molecule has 2 rings (SSSR count). The van der Waals surface area contributed by atoms with Gasteiger partial charge in [0.1, 0.15) is 17.3 Å². The maximum absolute atomic E-state index is 5.78. The summed E-state index contributed by atoms with van der Waals surface area (Å²) in [6.45, 7) is 7.68. The van der Waals surface area contributed by atoms with Crippen molar-refractivity contribution in [2.45, 2.75) is 39.9 Å². The fourth-order valence-corrected chi connectivity index (χ4v) is 2.24. The molecule has 20 heavy (non-hydrogen) atoms. The molecule has 0 saturated heterocycles. The van der Waals surface area contributed by atoms with Gasteiger partial charge in [0.15, 0.2) is 0 Å². The molecule has 0 aliphatic carbocycles. The molecule has 0 atom stereocenters. The smallest absolute Gasteiger partial charge is 0.118 e. The lowest BCUT2D eigenvalue weighted by Crippen LogP contribution is -2.17. The van der Waals surface area contributed by atoms with E-state index in [1.54, 1.807) is 6.26 Å². The first-order chi connectivity index (χ1) is 9.69. The molecule has 0 radical (unpaired) electrons. The van der Waals surface area contributed by atoms with Crippen LogP contribution in [0.3, 0.4) is 0 Å². The minimum absolute atomic E-state index is 0.802. The highest BCUT2D eigenvalue weighted by atomic mass is 16.3. The van der Waals surface area contributed by atoms with Crippen LogP contribution in [0.25, 0.3) is 0 Å². The van der Waals surface area contributed by atoms with Gasteiger partial charge in [0.25, 0.3) is 0 Å². The Bertz CT molecular complexity index is 503. The summed E-state index contributed by atoms with van der Waals surface area (Å²) in [5, 5.41) is 3.36. The summed E-state index contributed by atoms with van der Waals surface area (Å²) in [5.74, 6) is 3.00. The van der Waals surface area contributed by atoms with E-state index in [4.69, 9.17) is 8.83 Å². The molecule has 0 aromatic carbocycles. The van der Waals surface area contributed by atoms with Crippen molar-refractivity contribution in [1.29, 1.82) is 0 Å². The summed E-state index contributed by atoms with van der Waals surface area (Å²) in [6, 6.07) is 6.07. The summed E-state index contributed by atoms with van der Waals surface area (Å²) in [7, 11) is 2.09. The molecular formula is C16H24N2O2. The van der Waals surface area contributed by atoms with Gasteiger partial charge >= 0.3 is 0 Å². The Morgan fingerprint density at radius 1 is 1.25 bits per heavy atom. The van der Waals surface area contributed by atoms with Crippen molar-refractivity contribution in [3.05, 3.63) is 47.3 Å². The van der Waals surface area contributed by atoms with Gasteiger partial charge in [-0.3, -0.25) is 4.90 Å². The molecule has 0 aliphatic heterocycles. The highest BCUT2D eigenvalue weighted by Gasteiger charge is 2.10.